The summed E-state index contributed by atoms with van der Waals surface area (Å²) >= 11 is 12.5. The van der Waals surface area contributed by atoms with Crippen LogP contribution in [0.5, 0.6) is 0 Å². The number of ether oxygens (including phenoxy) is 1. The third kappa shape index (κ3) is 4.82. The molecule has 4 aromatic rings. The molecule has 5 nitrogen and oxygen atoms in total. The predicted molar refractivity (Wildman–Crippen MR) is 150 cm³/mol. The molecule has 0 N–H and O–H groups in total. The number of morpholine rings is 1. The first-order valence-electron chi connectivity index (χ1n) is 12.3. The van der Waals surface area contributed by atoms with Crippen LogP contribution in [0.4, 0.5) is 5.69 Å². The van der Waals surface area contributed by atoms with Crippen LogP contribution in [-0.4, -0.2) is 42.8 Å². The summed E-state index contributed by atoms with van der Waals surface area (Å²) in [5.74, 6) is 0.0300. The van der Waals surface area contributed by atoms with Crippen molar-refractivity contribution in [1.82, 2.24) is 4.90 Å². The Morgan fingerprint density at radius 2 is 1.59 bits per heavy atom. The smallest absolute Gasteiger partial charge is 0.254 e. The van der Waals surface area contributed by atoms with E-state index in [4.69, 9.17) is 33.0 Å². The van der Waals surface area contributed by atoms with Crippen molar-refractivity contribution < 1.29 is 9.53 Å². The van der Waals surface area contributed by atoms with Gasteiger partial charge in [-0.1, -0.05) is 65.7 Å². The van der Waals surface area contributed by atoms with Gasteiger partial charge in [0.2, 0.25) is 0 Å². The zero-order chi connectivity index (χ0) is 25.4. The standard InChI is InChI=1S/C30H25Cl2N3O2/c31-26-12-9-23(18-27(26)32)28-19-29(24-6-5-20-3-1-2-4-22(20)17-24)35(33-28)25-10-7-21(8-11-25)30(36)34-13-15-37-16-14-34/h1-12,17-18,29H,13-16,19H2. The minimum absolute atomic E-state index is 0.00476. The third-order valence-corrected chi connectivity index (χ3v) is 7.74. The number of rotatable bonds is 4. The van der Waals surface area contributed by atoms with E-state index in [1.165, 1.54) is 16.3 Å². The third-order valence-electron chi connectivity index (χ3n) is 7.00. The highest BCUT2D eigenvalue weighted by atomic mass is 35.5. The van der Waals surface area contributed by atoms with E-state index in [1.807, 2.05) is 52.4 Å². The molecule has 1 saturated heterocycles. The van der Waals surface area contributed by atoms with Crippen LogP contribution in [0.1, 0.15) is 33.9 Å². The lowest BCUT2D eigenvalue weighted by atomic mass is 9.96. The molecule has 1 unspecified atom stereocenters. The number of fused-ring (bicyclic) bond motifs is 1. The molecule has 186 valence electrons. The molecular formula is C30H25Cl2N3O2. The topological polar surface area (TPSA) is 45.1 Å². The quantitative estimate of drug-likeness (QED) is 0.286. The van der Waals surface area contributed by atoms with Crippen molar-refractivity contribution in [3.8, 4) is 0 Å². The van der Waals surface area contributed by atoms with E-state index >= 15 is 0 Å². The van der Waals surface area contributed by atoms with Gasteiger partial charge in [-0.2, -0.15) is 5.10 Å². The molecule has 0 spiro atoms. The number of benzene rings is 4. The highest BCUT2D eigenvalue weighted by molar-refractivity contribution is 6.42. The molecule has 7 heteroatoms. The molecule has 0 aliphatic carbocycles. The number of hydrazone groups is 1. The maximum atomic E-state index is 12.9. The zero-order valence-corrected chi connectivity index (χ0v) is 21.6. The Labute approximate surface area is 225 Å². The fourth-order valence-electron chi connectivity index (χ4n) is 4.98. The second-order valence-electron chi connectivity index (χ2n) is 9.30. The van der Waals surface area contributed by atoms with E-state index in [1.54, 1.807) is 0 Å². The molecule has 0 saturated carbocycles. The number of hydrogen-bond acceptors (Lipinski definition) is 4. The molecule has 2 aliphatic heterocycles. The van der Waals surface area contributed by atoms with Gasteiger partial charge in [-0.3, -0.25) is 9.80 Å². The average Bonchev–Trinajstić information content (AvgIpc) is 3.40. The molecule has 37 heavy (non-hydrogen) atoms. The Kier molecular flexibility index (Phi) is 6.59. The van der Waals surface area contributed by atoms with Crippen LogP contribution < -0.4 is 5.01 Å². The second-order valence-corrected chi connectivity index (χ2v) is 10.1. The first-order valence-corrected chi connectivity index (χ1v) is 13.1. The lowest BCUT2D eigenvalue weighted by Crippen LogP contribution is -2.40. The summed E-state index contributed by atoms with van der Waals surface area (Å²) in [7, 11) is 0. The van der Waals surface area contributed by atoms with E-state index in [-0.39, 0.29) is 11.9 Å². The lowest BCUT2D eigenvalue weighted by molar-refractivity contribution is 0.0303. The molecule has 0 radical (unpaired) electrons. The summed E-state index contributed by atoms with van der Waals surface area (Å²) in [4.78, 5) is 14.8. The average molecular weight is 530 g/mol. The maximum Gasteiger partial charge on any atom is 0.254 e. The van der Waals surface area contributed by atoms with Crippen LogP contribution in [0.3, 0.4) is 0 Å². The van der Waals surface area contributed by atoms with E-state index < -0.39 is 0 Å². The summed E-state index contributed by atoms with van der Waals surface area (Å²) in [6, 6.07) is 28.3. The van der Waals surface area contributed by atoms with Crippen molar-refractivity contribution in [1.29, 1.82) is 0 Å². The lowest BCUT2D eigenvalue weighted by Gasteiger charge is -2.27. The molecule has 1 atom stereocenters. The molecular weight excluding hydrogens is 505 g/mol. The van der Waals surface area contributed by atoms with E-state index in [9.17, 15) is 4.79 Å². The summed E-state index contributed by atoms with van der Waals surface area (Å²) in [6.45, 7) is 2.40. The van der Waals surface area contributed by atoms with Gasteiger partial charge in [0.25, 0.3) is 5.91 Å². The summed E-state index contributed by atoms with van der Waals surface area (Å²) < 4.78 is 5.38. The Hall–Kier alpha value is -3.38. The van der Waals surface area contributed by atoms with Gasteiger partial charge in [0.05, 0.1) is 40.7 Å². The summed E-state index contributed by atoms with van der Waals surface area (Å²) in [5, 5.41) is 10.5. The van der Waals surface area contributed by atoms with E-state index in [2.05, 4.69) is 42.5 Å². The first kappa shape index (κ1) is 24.0. The van der Waals surface area contributed by atoms with Crippen molar-refractivity contribution in [3.05, 3.63) is 112 Å². The fraction of sp³-hybridized carbons (Fsp3) is 0.200. The monoisotopic (exact) mass is 529 g/mol. The summed E-state index contributed by atoms with van der Waals surface area (Å²) in [6.07, 6.45) is 0.713. The normalized spacial score (nSPS) is 17.8. The Balaban J connectivity index is 1.35. The zero-order valence-electron chi connectivity index (χ0n) is 20.1. The molecule has 0 aromatic heterocycles. The van der Waals surface area contributed by atoms with E-state index in [0.29, 0.717) is 48.3 Å². The first-order chi connectivity index (χ1) is 18.1. The van der Waals surface area contributed by atoms with Crippen LogP contribution in [0.15, 0.2) is 90.0 Å². The van der Waals surface area contributed by atoms with Gasteiger partial charge in [0, 0.05) is 25.1 Å². The van der Waals surface area contributed by atoms with Gasteiger partial charge in [-0.15, -0.1) is 0 Å². The molecule has 6 rings (SSSR count). The van der Waals surface area contributed by atoms with Crippen LogP contribution in [0.2, 0.25) is 10.0 Å². The van der Waals surface area contributed by atoms with Crippen molar-refractivity contribution in [3.63, 3.8) is 0 Å². The Morgan fingerprint density at radius 1 is 0.838 bits per heavy atom. The Bertz CT molecular complexity index is 1500. The van der Waals surface area contributed by atoms with Crippen LogP contribution >= 0.6 is 23.2 Å². The number of nitrogens with zero attached hydrogens (tertiary/aromatic N) is 3. The number of carbonyl (C=O) groups excluding carboxylic acids is 1. The Morgan fingerprint density at radius 3 is 2.35 bits per heavy atom. The maximum absolute atomic E-state index is 12.9. The van der Waals surface area contributed by atoms with Crippen molar-refractivity contribution in [2.24, 2.45) is 5.10 Å². The minimum atomic E-state index is -0.00476. The highest BCUT2D eigenvalue weighted by Crippen LogP contribution is 2.38. The van der Waals surface area contributed by atoms with E-state index in [0.717, 1.165) is 17.0 Å². The predicted octanol–water partition coefficient (Wildman–Crippen LogP) is 6.97. The highest BCUT2D eigenvalue weighted by Gasteiger charge is 2.30. The van der Waals surface area contributed by atoms with Crippen LogP contribution in [0.25, 0.3) is 10.8 Å². The van der Waals surface area contributed by atoms with Gasteiger partial charge in [-0.05, 0) is 64.4 Å². The molecule has 1 fully saturated rings. The molecule has 2 heterocycles. The fourth-order valence-corrected chi connectivity index (χ4v) is 5.28. The summed E-state index contributed by atoms with van der Waals surface area (Å²) in [5.41, 5.74) is 4.64. The van der Waals surface area contributed by atoms with Gasteiger partial charge < -0.3 is 9.64 Å². The van der Waals surface area contributed by atoms with Crippen molar-refractivity contribution in [2.45, 2.75) is 12.5 Å². The van der Waals surface area contributed by atoms with Gasteiger partial charge >= 0.3 is 0 Å². The largest absolute Gasteiger partial charge is 0.378 e. The van der Waals surface area contributed by atoms with Crippen LogP contribution in [0, 0.1) is 0 Å². The SMILES string of the molecule is O=C(c1ccc(N2N=C(c3ccc(Cl)c(Cl)c3)CC2c2ccc3ccccc3c2)cc1)N1CCOCC1. The number of amides is 1. The van der Waals surface area contributed by atoms with Gasteiger partial charge in [0.15, 0.2) is 0 Å². The van der Waals surface area contributed by atoms with Crippen LogP contribution in [-0.2, 0) is 4.74 Å². The molecule has 1 amide bonds. The number of hydrogen-bond donors (Lipinski definition) is 0. The number of carbonyl (C=O) groups is 1. The number of halogens is 2. The number of anilines is 1. The second kappa shape index (κ2) is 10.2. The van der Waals surface area contributed by atoms with Crippen molar-refractivity contribution in [2.75, 3.05) is 31.3 Å². The molecule has 2 aliphatic rings. The molecule has 4 aromatic carbocycles. The minimum Gasteiger partial charge on any atom is -0.378 e. The molecule has 0 bridgehead atoms. The van der Waals surface area contributed by atoms with Crippen molar-refractivity contribution >= 4 is 51.3 Å². The van der Waals surface area contributed by atoms with Gasteiger partial charge in [0.1, 0.15) is 0 Å². The van der Waals surface area contributed by atoms with Gasteiger partial charge in [-0.25, -0.2) is 0 Å².